The summed E-state index contributed by atoms with van der Waals surface area (Å²) in [7, 11) is 1.66. The number of ether oxygens (including phenoxy) is 1. The standard InChI is InChI=1S/C16H22N2O2/c1-10-15(19)18(13-9-16(13,2)3)14(17-10)11-6-5-7-12(8-11)20-4/h5-8,10,13-14,17H,9H2,1-4H3. The number of hydrogen-bond donors (Lipinski definition) is 1. The van der Waals surface area contributed by atoms with E-state index >= 15 is 0 Å². The van der Waals surface area contributed by atoms with Gasteiger partial charge in [-0.15, -0.1) is 0 Å². The molecule has 1 amide bonds. The van der Waals surface area contributed by atoms with Crippen LogP contribution < -0.4 is 10.1 Å². The van der Waals surface area contributed by atoms with Gasteiger partial charge in [-0.2, -0.15) is 0 Å². The van der Waals surface area contributed by atoms with Crippen LogP contribution >= 0.6 is 0 Å². The summed E-state index contributed by atoms with van der Waals surface area (Å²) in [5.41, 5.74) is 1.32. The van der Waals surface area contributed by atoms with Crippen molar-refractivity contribution in [2.45, 2.75) is 45.4 Å². The maximum absolute atomic E-state index is 12.4. The maximum Gasteiger partial charge on any atom is 0.241 e. The summed E-state index contributed by atoms with van der Waals surface area (Å²) in [6, 6.07) is 8.17. The second kappa shape index (κ2) is 4.48. The zero-order valence-electron chi connectivity index (χ0n) is 12.5. The first-order valence-electron chi connectivity index (χ1n) is 7.16. The molecular formula is C16H22N2O2. The van der Waals surface area contributed by atoms with Crippen LogP contribution in [0.3, 0.4) is 0 Å². The lowest BCUT2D eigenvalue weighted by atomic mass is 10.1. The maximum atomic E-state index is 12.4. The van der Waals surface area contributed by atoms with Gasteiger partial charge >= 0.3 is 0 Å². The molecule has 0 aromatic heterocycles. The van der Waals surface area contributed by atoms with Crippen molar-refractivity contribution in [1.29, 1.82) is 0 Å². The first kappa shape index (κ1) is 13.4. The summed E-state index contributed by atoms with van der Waals surface area (Å²) in [5, 5.41) is 3.40. The molecule has 108 valence electrons. The molecular weight excluding hydrogens is 252 g/mol. The van der Waals surface area contributed by atoms with Crippen LogP contribution in [0.15, 0.2) is 24.3 Å². The Morgan fingerprint density at radius 1 is 1.40 bits per heavy atom. The third kappa shape index (κ3) is 2.08. The molecule has 2 fully saturated rings. The van der Waals surface area contributed by atoms with Gasteiger partial charge in [0.2, 0.25) is 5.91 Å². The van der Waals surface area contributed by atoms with Crippen molar-refractivity contribution >= 4 is 5.91 Å². The molecule has 4 heteroatoms. The van der Waals surface area contributed by atoms with Crippen molar-refractivity contribution in [2.24, 2.45) is 5.41 Å². The molecule has 20 heavy (non-hydrogen) atoms. The highest BCUT2D eigenvalue weighted by Gasteiger charge is 2.55. The van der Waals surface area contributed by atoms with E-state index in [-0.39, 0.29) is 23.5 Å². The van der Waals surface area contributed by atoms with Crippen LogP contribution in [0.2, 0.25) is 0 Å². The molecule has 1 saturated carbocycles. The van der Waals surface area contributed by atoms with Crippen molar-refractivity contribution in [1.82, 2.24) is 10.2 Å². The van der Waals surface area contributed by atoms with Crippen molar-refractivity contribution in [2.75, 3.05) is 7.11 Å². The second-order valence-corrected chi connectivity index (χ2v) is 6.52. The monoisotopic (exact) mass is 274 g/mol. The Morgan fingerprint density at radius 3 is 2.70 bits per heavy atom. The highest BCUT2D eigenvalue weighted by Crippen LogP contribution is 2.51. The Hall–Kier alpha value is -1.55. The molecule has 1 aliphatic heterocycles. The molecule has 1 aromatic rings. The molecule has 1 heterocycles. The van der Waals surface area contributed by atoms with Gasteiger partial charge in [-0.25, -0.2) is 0 Å². The molecule has 1 N–H and O–H groups in total. The molecule has 1 aromatic carbocycles. The Kier molecular flexibility index (Phi) is 3.01. The summed E-state index contributed by atoms with van der Waals surface area (Å²) < 4.78 is 5.29. The van der Waals surface area contributed by atoms with Gasteiger partial charge in [0, 0.05) is 6.04 Å². The van der Waals surface area contributed by atoms with E-state index in [1.807, 2.05) is 36.1 Å². The Balaban J connectivity index is 1.92. The summed E-state index contributed by atoms with van der Waals surface area (Å²) in [5.74, 6) is 1.03. The van der Waals surface area contributed by atoms with Crippen LogP contribution in [0, 0.1) is 5.41 Å². The summed E-state index contributed by atoms with van der Waals surface area (Å²) in [6.07, 6.45) is 1.03. The van der Waals surface area contributed by atoms with Crippen LogP contribution in [-0.4, -0.2) is 30.0 Å². The van der Waals surface area contributed by atoms with E-state index in [2.05, 4.69) is 19.2 Å². The Bertz CT molecular complexity index is 541. The van der Waals surface area contributed by atoms with Crippen LogP contribution in [0.25, 0.3) is 0 Å². The number of hydrogen-bond acceptors (Lipinski definition) is 3. The molecule has 2 aliphatic rings. The molecule has 1 saturated heterocycles. The van der Waals surface area contributed by atoms with Gasteiger partial charge in [0.15, 0.2) is 0 Å². The van der Waals surface area contributed by atoms with Crippen LogP contribution in [-0.2, 0) is 4.79 Å². The summed E-state index contributed by atoms with van der Waals surface area (Å²) in [4.78, 5) is 14.5. The van der Waals surface area contributed by atoms with Gasteiger partial charge in [-0.3, -0.25) is 10.1 Å². The zero-order chi connectivity index (χ0) is 14.5. The fourth-order valence-corrected chi connectivity index (χ4v) is 3.06. The van der Waals surface area contributed by atoms with Crippen molar-refractivity contribution in [3.8, 4) is 5.75 Å². The Labute approximate surface area is 120 Å². The highest BCUT2D eigenvalue weighted by atomic mass is 16.5. The molecule has 3 unspecified atom stereocenters. The quantitative estimate of drug-likeness (QED) is 0.919. The third-order valence-corrected chi connectivity index (χ3v) is 4.52. The van der Waals surface area contributed by atoms with E-state index in [4.69, 9.17) is 4.74 Å². The molecule has 1 aliphatic carbocycles. The van der Waals surface area contributed by atoms with Gasteiger partial charge in [-0.1, -0.05) is 26.0 Å². The summed E-state index contributed by atoms with van der Waals surface area (Å²) in [6.45, 7) is 6.37. The number of nitrogens with zero attached hydrogens (tertiary/aromatic N) is 1. The number of rotatable bonds is 3. The van der Waals surface area contributed by atoms with Crippen LogP contribution in [0.1, 0.15) is 38.9 Å². The lowest BCUT2D eigenvalue weighted by Gasteiger charge is -2.26. The van der Waals surface area contributed by atoms with Gasteiger partial charge in [0.05, 0.1) is 13.2 Å². The first-order chi connectivity index (χ1) is 9.44. The number of amides is 1. The second-order valence-electron chi connectivity index (χ2n) is 6.52. The number of carbonyl (C=O) groups is 1. The molecule has 0 spiro atoms. The summed E-state index contributed by atoms with van der Waals surface area (Å²) >= 11 is 0. The fraction of sp³-hybridized carbons (Fsp3) is 0.562. The van der Waals surface area contributed by atoms with Crippen molar-refractivity contribution < 1.29 is 9.53 Å². The number of benzene rings is 1. The van der Waals surface area contributed by atoms with E-state index in [1.54, 1.807) is 7.11 Å². The number of methoxy groups -OCH3 is 1. The van der Waals surface area contributed by atoms with Gasteiger partial charge < -0.3 is 9.64 Å². The predicted molar refractivity (Wildman–Crippen MR) is 77.4 cm³/mol. The van der Waals surface area contributed by atoms with Crippen LogP contribution in [0.4, 0.5) is 0 Å². The normalized spacial score (nSPS) is 31.5. The SMILES string of the molecule is COc1cccc(C2NC(C)C(=O)N2C2CC2(C)C)c1. The molecule has 3 atom stereocenters. The molecule has 4 nitrogen and oxygen atoms in total. The van der Waals surface area contributed by atoms with Crippen LogP contribution in [0.5, 0.6) is 5.75 Å². The molecule has 0 bridgehead atoms. The largest absolute Gasteiger partial charge is 0.497 e. The average molecular weight is 274 g/mol. The minimum absolute atomic E-state index is 0.0422. The van der Waals surface area contributed by atoms with Gasteiger partial charge in [-0.05, 0) is 36.5 Å². The van der Waals surface area contributed by atoms with Crippen molar-refractivity contribution in [3.63, 3.8) is 0 Å². The zero-order valence-corrected chi connectivity index (χ0v) is 12.5. The molecule has 0 radical (unpaired) electrons. The lowest BCUT2D eigenvalue weighted by molar-refractivity contribution is -0.130. The van der Waals surface area contributed by atoms with E-state index in [0.29, 0.717) is 6.04 Å². The highest BCUT2D eigenvalue weighted by molar-refractivity contribution is 5.85. The first-order valence-corrected chi connectivity index (χ1v) is 7.16. The van der Waals surface area contributed by atoms with Crippen molar-refractivity contribution in [3.05, 3.63) is 29.8 Å². The third-order valence-electron chi connectivity index (χ3n) is 4.52. The lowest BCUT2D eigenvalue weighted by Crippen LogP contribution is -2.34. The number of nitrogens with one attached hydrogen (secondary N) is 1. The van der Waals surface area contributed by atoms with E-state index in [9.17, 15) is 4.79 Å². The molecule has 3 rings (SSSR count). The average Bonchev–Trinajstić information content (AvgIpc) is 2.94. The fourth-order valence-electron chi connectivity index (χ4n) is 3.06. The number of carbonyl (C=O) groups excluding carboxylic acids is 1. The van der Waals surface area contributed by atoms with E-state index in [1.165, 1.54) is 0 Å². The van der Waals surface area contributed by atoms with E-state index in [0.717, 1.165) is 17.7 Å². The van der Waals surface area contributed by atoms with E-state index < -0.39 is 0 Å². The Morgan fingerprint density at radius 2 is 2.10 bits per heavy atom. The van der Waals surface area contributed by atoms with Gasteiger partial charge in [0.1, 0.15) is 11.9 Å². The van der Waals surface area contributed by atoms with Gasteiger partial charge in [0.25, 0.3) is 0 Å². The minimum atomic E-state index is -0.123. The minimum Gasteiger partial charge on any atom is -0.497 e. The smallest absolute Gasteiger partial charge is 0.241 e. The topological polar surface area (TPSA) is 41.6 Å². The predicted octanol–water partition coefficient (Wildman–Crippen LogP) is 2.31.